The first-order valence-corrected chi connectivity index (χ1v) is 8.18. The fourth-order valence-electron chi connectivity index (χ4n) is 2.21. The summed E-state index contributed by atoms with van der Waals surface area (Å²) in [6.07, 6.45) is 6.81. The Morgan fingerprint density at radius 2 is 2.08 bits per heavy atom. The zero-order chi connectivity index (χ0) is 17.7. The number of rotatable bonds is 6. The molecular weight excluding hydrogens is 376 g/mol. The number of halogens is 1. The van der Waals surface area contributed by atoms with Gasteiger partial charge in [0.25, 0.3) is 5.91 Å². The molecular formula is C17H17BrN2O4. The number of amides is 3. The van der Waals surface area contributed by atoms with E-state index in [4.69, 9.17) is 15.9 Å². The Morgan fingerprint density at radius 3 is 2.67 bits per heavy atom. The summed E-state index contributed by atoms with van der Waals surface area (Å²) < 4.78 is 11.7. The van der Waals surface area contributed by atoms with Crippen LogP contribution in [0.15, 0.2) is 22.3 Å². The summed E-state index contributed by atoms with van der Waals surface area (Å²) in [6, 6.07) is 3.06. The van der Waals surface area contributed by atoms with Gasteiger partial charge in [0.1, 0.15) is 12.3 Å². The number of carbonyl (C=O) groups excluding carboxylic acids is 2. The molecule has 1 aliphatic rings. The predicted octanol–water partition coefficient (Wildman–Crippen LogP) is 2.77. The van der Waals surface area contributed by atoms with Gasteiger partial charge in [0.15, 0.2) is 11.5 Å². The largest absolute Gasteiger partial charge is 0.490 e. The molecule has 1 fully saturated rings. The van der Waals surface area contributed by atoms with Gasteiger partial charge in [0, 0.05) is 6.54 Å². The van der Waals surface area contributed by atoms with Crippen molar-refractivity contribution in [1.82, 2.24) is 10.2 Å². The summed E-state index contributed by atoms with van der Waals surface area (Å²) >= 11 is 3.41. The first-order chi connectivity index (χ1) is 11.5. The maximum Gasteiger partial charge on any atom is 0.328 e. The van der Waals surface area contributed by atoms with Crippen molar-refractivity contribution in [3.8, 4) is 23.8 Å². The Hall–Kier alpha value is -2.46. The summed E-state index contributed by atoms with van der Waals surface area (Å²) in [7, 11) is 0. The lowest BCUT2D eigenvalue weighted by atomic mass is 10.1. The molecule has 1 saturated heterocycles. The van der Waals surface area contributed by atoms with Crippen LogP contribution in [0.5, 0.6) is 11.5 Å². The molecule has 1 aromatic carbocycles. The third-order valence-corrected chi connectivity index (χ3v) is 3.81. The highest BCUT2D eigenvalue weighted by Crippen LogP contribution is 2.37. The van der Waals surface area contributed by atoms with Gasteiger partial charge in [0.2, 0.25) is 0 Å². The van der Waals surface area contributed by atoms with E-state index in [1.165, 1.54) is 0 Å². The molecule has 0 aromatic heterocycles. The van der Waals surface area contributed by atoms with Crippen LogP contribution in [0.2, 0.25) is 0 Å². The summed E-state index contributed by atoms with van der Waals surface area (Å²) in [5.41, 5.74) is 0.897. The SMILES string of the molecule is C#CCOc1c(Br)cc(/C=C2/NC(=O)N(CC)C2=O)cc1OCC. The average Bonchev–Trinajstić information content (AvgIpc) is 2.80. The van der Waals surface area contributed by atoms with Crippen molar-refractivity contribution in [2.75, 3.05) is 19.8 Å². The van der Waals surface area contributed by atoms with Crippen LogP contribution in [0, 0.1) is 12.3 Å². The number of urea groups is 1. The predicted molar refractivity (Wildman–Crippen MR) is 93.5 cm³/mol. The molecule has 1 aromatic rings. The van der Waals surface area contributed by atoms with Crippen LogP contribution in [0.25, 0.3) is 6.08 Å². The quantitative estimate of drug-likeness (QED) is 0.459. The Bertz CT molecular complexity index is 737. The summed E-state index contributed by atoms with van der Waals surface area (Å²) in [4.78, 5) is 25.0. The van der Waals surface area contributed by atoms with Crippen LogP contribution >= 0.6 is 15.9 Å². The first-order valence-electron chi connectivity index (χ1n) is 7.38. The van der Waals surface area contributed by atoms with Gasteiger partial charge in [-0.15, -0.1) is 6.42 Å². The lowest BCUT2D eigenvalue weighted by molar-refractivity contribution is -0.122. The Balaban J connectivity index is 2.38. The third-order valence-electron chi connectivity index (χ3n) is 3.22. The summed E-state index contributed by atoms with van der Waals surface area (Å²) in [5.74, 6) is 3.04. The number of hydrogen-bond donors (Lipinski definition) is 1. The molecule has 0 aliphatic carbocycles. The molecule has 2 rings (SSSR count). The van der Waals surface area contributed by atoms with Crippen LogP contribution in [0.4, 0.5) is 4.79 Å². The number of hydrogen-bond acceptors (Lipinski definition) is 4. The van der Waals surface area contributed by atoms with Crippen molar-refractivity contribution >= 4 is 33.9 Å². The fraction of sp³-hybridized carbons (Fsp3) is 0.294. The second kappa shape index (κ2) is 7.88. The Labute approximate surface area is 148 Å². The van der Waals surface area contributed by atoms with Gasteiger partial charge in [-0.3, -0.25) is 9.69 Å². The van der Waals surface area contributed by atoms with Gasteiger partial charge in [0.05, 0.1) is 11.1 Å². The lowest BCUT2D eigenvalue weighted by Gasteiger charge is -2.13. The summed E-state index contributed by atoms with van der Waals surface area (Å²) in [5, 5.41) is 2.56. The number of nitrogens with zero attached hydrogens (tertiary/aromatic N) is 1. The highest BCUT2D eigenvalue weighted by molar-refractivity contribution is 9.10. The molecule has 0 saturated carbocycles. The Kier molecular flexibility index (Phi) is 5.88. The standard InChI is InChI=1S/C17H17BrN2O4/c1-4-7-24-15-12(18)8-11(10-14(15)23-6-3)9-13-16(21)20(5-2)17(22)19-13/h1,8-10H,5-7H2,2-3H3,(H,19,22)/b13-9+. The number of benzene rings is 1. The minimum atomic E-state index is -0.424. The van der Waals surface area contributed by atoms with Gasteiger partial charge < -0.3 is 14.8 Å². The average molecular weight is 393 g/mol. The van der Waals surface area contributed by atoms with E-state index in [-0.39, 0.29) is 18.2 Å². The van der Waals surface area contributed by atoms with Gasteiger partial charge in [-0.25, -0.2) is 4.79 Å². The molecule has 0 unspecified atom stereocenters. The zero-order valence-corrected chi connectivity index (χ0v) is 15.0. The van der Waals surface area contributed by atoms with Gasteiger partial charge in [-0.2, -0.15) is 0 Å². The molecule has 24 heavy (non-hydrogen) atoms. The maximum absolute atomic E-state index is 12.1. The normalized spacial score (nSPS) is 15.4. The molecule has 1 heterocycles. The minimum Gasteiger partial charge on any atom is -0.490 e. The highest BCUT2D eigenvalue weighted by Gasteiger charge is 2.32. The smallest absolute Gasteiger partial charge is 0.328 e. The monoisotopic (exact) mass is 392 g/mol. The van der Waals surface area contributed by atoms with Crippen molar-refractivity contribution in [2.24, 2.45) is 0 Å². The van der Waals surface area contributed by atoms with Gasteiger partial charge in [-0.1, -0.05) is 5.92 Å². The van der Waals surface area contributed by atoms with Crippen molar-refractivity contribution in [1.29, 1.82) is 0 Å². The Morgan fingerprint density at radius 1 is 1.33 bits per heavy atom. The molecule has 3 amide bonds. The van der Waals surface area contributed by atoms with Crippen LogP contribution in [0.1, 0.15) is 19.4 Å². The van der Waals surface area contributed by atoms with Crippen molar-refractivity contribution in [2.45, 2.75) is 13.8 Å². The van der Waals surface area contributed by atoms with Crippen LogP contribution in [-0.4, -0.2) is 36.6 Å². The number of imide groups is 1. The number of terminal acetylenes is 1. The molecule has 0 bridgehead atoms. The number of nitrogens with one attached hydrogen (secondary N) is 1. The van der Waals surface area contributed by atoms with Gasteiger partial charge in [-0.05, 0) is 53.5 Å². The van der Waals surface area contributed by atoms with E-state index in [1.54, 1.807) is 25.1 Å². The van der Waals surface area contributed by atoms with Crippen molar-refractivity contribution in [3.63, 3.8) is 0 Å². The van der Waals surface area contributed by atoms with E-state index in [0.29, 0.717) is 34.7 Å². The van der Waals surface area contributed by atoms with E-state index in [1.807, 2.05) is 6.92 Å². The molecule has 7 heteroatoms. The lowest BCUT2D eigenvalue weighted by Crippen LogP contribution is -2.30. The van der Waals surface area contributed by atoms with Crippen molar-refractivity contribution < 1.29 is 19.1 Å². The molecule has 0 atom stereocenters. The van der Waals surface area contributed by atoms with E-state index in [2.05, 4.69) is 27.2 Å². The molecule has 1 aliphatic heterocycles. The van der Waals surface area contributed by atoms with E-state index < -0.39 is 6.03 Å². The number of carbonyl (C=O) groups is 2. The van der Waals surface area contributed by atoms with Gasteiger partial charge >= 0.3 is 6.03 Å². The third kappa shape index (κ3) is 3.71. The van der Waals surface area contributed by atoms with Crippen LogP contribution in [-0.2, 0) is 4.79 Å². The maximum atomic E-state index is 12.1. The first kappa shape index (κ1) is 17.9. The van der Waals surface area contributed by atoms with Crippen LogP contribution in [0.3, 0.4) is 0 Å². The van der Waals surface area contributed by atoms with E-state index in [0.717, 1.165) is 4.90 Å². The second-order valence-electron chi connectivity index (χ2n) is 4.79. The molecule has 0 spiro atoms. The zero-order valence-electron chi connectivity index (χ0n) is 13.4. The molecule has 1 N–H and O–H groups in total. The molecule has 126 valence electrons. The van der Waals surface area contributed by atoms with E-state index in [9.17, 15) is 9.59 Å². The molecule has 0 radical (unpaired) electrons. The van der Waals surface area contributed by atoms with E-state index >= 15 is 0 Å². The topological polar surface area (TPSA) is 67.9 Å². The number of ether oxygens (including phenoxy) is 2. The van der Waals surface area contributed by atoms with Crippen molar-refractivity contribution in [3.05, 3.63) is 27.9 Å². The summed E-state index contributed by atoms with van der Waals surface area (Å²) in [6.45, 7) is 4.46. The molecule has 6 nitrogen and oxygen atoms in total. The highest BCUT2D eigenvalue weighted by atomic mass is 79.9. The second-order valence-corrected chi connectivity index (χ2v) is 5.65. The fourth-order valence-corrected chi connectivity index (χ4v) is 2.79. The van der Waals surface area contributed by atoms with Crippen LogP contribution < -0.4 is 14.8 Å². The number of likely N-dealkylation sites (N-methyl/N-ethyl adjacent to an activating group) is 1. The minimum absolute atomic E-state index is 0.110.